The van der Waals surface area contributed by atoms with Gasteiger partial charge in [-0.2, -0.15) is 0 Å². The first kappa shape index (κ1) is 15.8. The molecule has 0 unspecified atom stereocenters. The zero-order valence-electron chi connectivity index (χ0n) is 14.0. The van der Waals surface area contributed by atoms with Gasteiger partial charge in [-0.05, 0) is 43.6 Å². The van der Waals surface area contributed by atoms with Gasteiger partial charge in [-0.1, -0.05) is 19.8 Å². The summed E-state index contributed by atoms with van der Waals surface area (Å²) in [5.74, 6) is 0.434. The molecular weight excluding hydrogens is 322 g/mol. The number of fused-ring (bicyclic) bond motifs is 3. The number of nitrogens with zero attached hydrogens (tertiary/aromatic N) is 2. The van der Waals surface area contributed by atoms with Crippen LogP contribution in [0.5, 0.6) is 0 Å². The van der Waals surface area contributed by atoms with E-state index in [2.05, 4.69) is 17.2 Å². The first-order valence-electron chi connectivity index (χ1n) is 8.92. The number of hydrogen-bond acceptors (Lipinski definition) is 4. The van der Waals surface area contributed by atoms with E-state index in [-0.39, 0.29) is 24.1 Å². The van der Waals surface area contributed by atoms with Crippen molar-refractivity contribution in [1.82, 2.24) is 14.9 Å². The van der Waals surface area contributed by atoms with Crippen molar-refractivity contribution in [2.75, 3.05) is 0 Å². The van der Waals surface area contributed by atoms with E-state index in [0.717, 1.165) is 35.9 Å². The number of aryl methyl sites for hydroxylation is 2. The molecule has 1 fully saturated rings. The molecule has 1 N–H and O–H groups in total. The summed E-state index contributed by atoms with van der Waals surface area (Å²) in [6.45, 7) is 2.26. The first-order chi connectivity index (χ1) is 11.6. The second kappa shape index (κ2) is 6.31. The van der Waals surface area contributed by atoms with Crippen LogP contribution in [0.3, 0.4) is 0 Å². The van der Waals surface area contributed by atoms with Crippen molar-refractivity contribution < 1.29 is 4.79 Å². The standard InChI is InChI=1S/C18H23N3O2S/c1-11-5-2-3-7-13(11)20-15(22)9-21-10-19-17-16(18(21)23)12-6-4-8-14(12)24-17/h10-11,13H,2-9H2,1H3,(H,20,22)/t11-,13-/m1/s1. The van der Waals surface area contributed by atoms with Crippen LogP contribution in [0.25, 0.3) is 10.2 Å². The SMILES string of the molecule is C[C@@H]1CCCC[C@H]1NC(=O)Cn1cnc2sc3c(c2c1=O)CCC3. The Morgan fingerprint density at radius 2 is 2.17 bits per heavy atom. The minimum absolute atomic E-state index is 0.0637. The van der Waals surface area contributed by atoms with Crippen LogP contribution in [-0.2, 0) is 24.2 Å². The van der Waals surface area contributed by atoms with E-state index >= 15 is 0 Å². The van der Waals surface area contributed by atoms with Crippen LogP contribution in [0.4, 0.5) is 0 Å². The maximum Gasteiger partial charge on any atom is 0.262 e. The van der Waals surface area contributed by atoms with Crippen molar-refractivity contribution >= 4 is 27.5 Å². The van der Waals surface area contributed by atoms with E-state index in [1.807, 2.05) is 0 Å². The molecule has 128 valence electrons. The van der Waals surface area contributed by atoms with E-state index in [4.69, 9.17) is 0 Å². The number of carbonyl (C=O) groups is 1. The third kappa shape index (κ3) is 2.77. The molecule has 6 heteroatoms. The van der Waals surface area contributed by atoms with E-state index < -0.39 is 0 Å². The summed E-state index contributed by atoms with van der Waals surface area (Å²) in [5, 5.41) is 3.86. The highest BCUT2D eigenvalue weighted by Gasteiger charge is 2.24. The normalized spacial score (nSPS) is 23.4. The van der Waals surface area contributed by atoms with Crippen LogP contribution in [0.15, 0.2) is 11.1 Å². The third-order valence-electron chi connectivity index (χ3n) is 5.46. The van der Waals surface area contributed by atoms with Crippen molar-refractivity contribution in [3.05, 3.63) is 27.1 Å². The Labute approximate surface area is 145 Å². The number of rotatable bonds is 3. The molecule has 0 radical (unpaired) electrons. The topological polar surface area (TPSA) is 64.0 Å². The van der Waals surface area contributed by atoms with Crippen LogP contribution in [0.2, 0.25) is 0 Å². The van der Waals surface area contributed by atoms with Gasteiger partial charge in [0, 0.05) is 10.9 Å². The van der Waals surface area contributed by atoms with Gasteiger partial charge < -0.3 is 5.32 Å². The van der Waals surface area contributed by atoms with Gasteiger partial charge in [-0.15, -0.1) is 11.3 Å². The van der Waals surface area contributed by atoms with E-state index in [0.29, 0.717) is 5.92 Å². The highest BCUT2D eigenvalue weighted by atomic mass is 32.1. The molecule has 2 aromatic heterocycles. The molecule has 0 aromatic carbocycles. The molecule has 1 amide bonds. The van der Waals surface area contributed by atoms with Gasteiger partial charge in [-0.25, -0.2) is 4.98 Å². The predicted octanol–water partition coefficient (Wildman–Crippen LogP) is 2.64. The van der Waals surface area contributed by atoms with E-state index in [1.54, 1.807) is 11.3 Å². The fourth-order valence-electron chi connectivity index (χ4n) is 4.07. The zero-order chi connectivity index (χ0) is 16.7. The Kier molecular flexibility index (Phi) is 4.16. The van der Waals surface area contributed by atoms with Crippen molar-refractivity contribution in [3.63, 3.8) is 0 Å². The summed E-state index contributed by atoms with van der Waals surface area (Å²) in [6.07, 6.45) is 9.28. The van der Waals surface area contributed by atoms with Crippen LogP contribution < -0.4 is 10.9 Å². The predicted molar refractivity (Wildman–Crippen MR) is 95.5 cm³/mol. The molecule has 1 saturated carbocycles. The summed E-state index contributed by atoms with van der Waals surface area (Å²) in [7, 11) is 0. The summed E-state index contributed by atoms with van der Waals surface area (Å²) >= 11 is 1.63. The van der Waals surface area contributed by atoms with Gasteiger partial charge in [0.15, 0.2) is 0 Å². The summed E-state index contributed by atoms with van der Waals surface area (Å²) in [4.78, 5) is 31.7. The molecule has 2 aliphatic rings. The average molecular weight is 345 g/mol. The van der Waals surface area contributed by atoms with Crippen molar-refractivity contribution in [1.29, 1.82) is 0 Å². The molecular formula is C18H23N3O2S. The summed E-state index contributed by atoms with van der Waals surface area (Å²) in [5.41, 5.74) is 1.11. The Morgan fingerprint density at radius 1 is 1.33 bits per heavy atom. The Morgan fingerprint density at radius 3 is 3.00 bits per heavy atom. The lowest BCUT2D eigenvalue weighted by Crippen LogP contribution is -2.43. The van der Waals surface area contributed by atoms with Gasteiger partial charge in [0.2, 0.25) is 5.91 Å². The highest BCUT2D eigenvalue weighted by Crippen LogP contribution is 2.34. The highest BCUT2D eigenvalue weighted by molar-refractivity contribution is 7.18. The quantitative estimate of drug-likeness (QED) is 0.930. The number of nitrogens with one attached hydrogen (secondary N) is 1. The van der Waals surface area contributed by atoms with Crippen molar-refractivity contribution in [2.45, 2.75) is 64.5 Å². The van der Waals surface area contributed by atoms with Gasteiger partial charge in [0.1, 0.15) is 11.4 Å². The van der Waals surface area contributed by atoms with Gasteiger partial charge in [-0.3, -0.25) is 14.2 Å². The Bertz CT molecular complexity index is 839. The molecule has 0 spiro atoms. The largest absolute Gasteiger partial charge is 0.352 e. The second-order valence-electron chi connectivity index (χ2n) is 7.15. The summed E-state index contributed by atoms with van der Waals surface area (Å²) in [6, 6.07) is 0.240. The fraction of sp³-hybridized carbons (Fsp3) is 0.611. The molecule has 0 aliphatic heterocycles. The number of hydrogen-bond donors (Lipinski definition) is 1. The third-order valence-corrected chi connectivity index (χ3v) is 6.66. The van der Waals surface area contributed by atoms with E-state index in [1.165, 1.54) is 40.6 Å². The van der Waals surface area contributed by atoms with Gasteiger partial charge in [0.05, 0.1) is 11.7 Å². The first-order valence-corrected chi connectivity index (χ1v) is 9.74. The Hall–Kier alpha value is -1.69. The molecule has 2 atom stereocenters. The average Bonchev–Trinajstić information content (AvgIpc) is 3.13. The van der Waals surface area contributed by atoms with E-state index in [9.17, 15) is 9.59 Å². The van der Waals surface area contributed by atoms with Crippen LogP contribution in [0, 0.1) is 5.92 Å². The van der Waals surface area contributed by atoms with Crippen molar-refractivity contribution in [2.24, 2.45) is 5.92 Å². The smallest absolute Gasteiger partial charge is 0.262 e. The maximum absolute atomic E-state index is 12.8. The second-order valence-corrected chi connectivity index (χ2v) is 8.23. The minimum Gasteiger partial charge on any atom is -0.352 e. The number of carbonyl (C=O) groups excluding carboxylic acids is 1. The van der Waals surface area contributed by atoms with Crippen LogP contribution >= 0.6 is 11.3 Å². The number of aromatic nitrogens is 2. The van der Waals surface area contributed by atoms with Crippen LogP contribution in [-0.4, -0.2) is 21.5 Å². The number of thiophene rings is 1. The zero-order valence-corrected chi connectivity index (χ0v) is 14.8. The molecule has 2 heterocycles. The molecule has 5 nitrogen and oxygen atoms in total. The molecule has 24 heavy (non-hydrogen) atoms. The fourth-order valence-corrected chi connectivity index (χ4v) is 5.29. The lowest BCUT2D eigenvalue weighted by molar-refractivity contribution is -0.123. The number of amides is 1. The maximum atomic E-state index is 12.8. The molecule has 0 bridgehead atoms. The van der Waals surface area contributed by atoms with Crippen molar-refractivity contribution in [3.8, 4) is 0 Å². The van der Waals surface area contributed by atoms with Gasteiger partial charge >= 0.3 is 0 Å². The van der Waals surface area contributed by atoms with Crippen LogP contribution in [0.1, 0.15) is 49.5 Å². The molecule has 4 rings (SSSR count). The lowest BCUT2D eigenvalue weighted by atomic mass is 9.86. The monoisotopic (exact) mass is 345 g/mol. The lowest BCUT2D eigenvalue weighted by Gasteiger charge is -2.29. The summed E-state index contributed by atoms with van der Waals surface area (Å²) < 4.78 is 1.47. The molecule has 2 aliphatic carbocycles. The minimum atomic E-state index is -0.0797. The molecule has 2 aromatic rings. The Balaban J connectivity index is 1.55. The molecule has 0 saturated heterocycles. The van der Waals surface area contributed by atoms with Gasteiger partial charge in [0.25, 0.3) is 5.56 Å².